The number of hydrogen-bond acceptors (Lipinski definition) is 3. The van der Waals surface area contributed by atoms with Gasteiger partial charge in [-0.15, -0.1) is 0 Å². The van der Waals surface area contributed by atoms with Crippen LogP contribution in [0.15, 0.2) is 39.4 Å². The molecule has 1 aromatic carbocycles. The molecule has 0 fully saturated rings. The second-order valence-electron chi connectivity index (χ2n) is 3.74. The van der Waals surface area contributed by atoms with E-state index < -0.39 is 0 Å². The van der Waals surface area contributed by atoms with Crippen LogP contribution in [-0.2, 0) is 0 Å². The van der Waals surface area contributed by atoms with E-state index in [1.807, 2.05) is 6.07 Å². The molecule has 0 aliphatic heterocycles. The molecule has 2 rings (SSSR count). The van der Waals surface area contributed by atoms with Gasteiger partial charge in [0, 0.05) is 12.1 Å². The van der Waals surface area contributed by atoms with Crippen molar-refractivity contribution >= 4 is 39.1 Å². The first-order valence-corrected chi connectivity index (χ1v) is 6.42. The van der Waals surface area contributed by atoms with Gasteiger partial charge in [0.05, 0.1) is 22.0 Å². The average molecular weight is 340 g/mol. The Morgan fingerprint density at radius 3 is 2.79 bits per heavy atom. The molecule has 6 heteroatoms. The molecular formula is C13H8BrClN2O2. The SMILES string of the molecule is CN(C(=O)c1occc1Br)c1cc(Cl)ccc1C#N. The summed E-state index contributed by atoms with van der Waals surface area (Å²) in [6.45, 7) is 0. The molecule has 96 valence electrons. The van der Waals surface area contributed by atoms with Crippen molar-refractivity contribution in [3.63, 3.8) is 0 Å². The van der Waals surface area contributed by atoms with Gasteiger partial charge in [0.25, 0.3) is 5.91 Å². The lowest BCUT2D eigenvalue weighted by atomic mass is 10.1. The van der Waals surface area contributed by atoms with Gasteiger partial charge in [-0.25, -0.2) is 0 Å². The fourth-order valence-corrected chi connectivity index (χ4v) is 2.12. The maximum absolute atomic E-state index is 12.3. The van der Waals surface area contributed by atoms with Crippen LogP contribution in [0.4, 0.5) is 5.69 Å². The summed E-state index contributed by atoms with van der Waals surface area (Å²) < 4.78 is 5.68. The third-order valence-corrected chi connectivity index (χ3v) is 3.42. The van der Waals surface area contributed by atoms with Crippen molar-refractivity contribution < 1.29 is 9.21 Å². The van der Waals surface area contributed by atoms with Gasteiger partial charge in [-0.3, -0.25) is 4.79 Å². The normalized spacial score (nSPS) is 10.0. The number of nitriles is 1. The molecule has 0 saturated heterocycles. The molecule has 0 atom stereocenters. The third kappa shape index (κ3) is 2.65. The topological polar surface area (TPSA) is 57.2 Å². The van der Waals surface area contributed by atoms with Crippen LogP contribution in [0.25, 0.3) is 0 Å². The number of carbonyl (C=O) groups excluding carboxylic acids is 1. The van der Waals surface area contributed by atoms with Crippen molar-refractivity contribution in [2.24, 2.45) is 0 Å². The number of amides is 1. The molecule has 1 heterocycles. The Kier molecular flexibility index (Phi) is 3.93. The molecule has 19 heavy (non-hydrogen) atoms. The number of halogens is 2. The predicted molar refractivity (Wildman–Crippen MR) is 75.3 cm³/mol. The van der Waals surface area contributed by atoms with Crippen molar-refractivity contribution in [1.82, 2.24) is 0 Å². The highest BCUT2D eigenvalue weighted by atomic mass is 79.9. The summed E-state index contributed by atoms with van der Waals surface area (Å²) in [5.74, 6) is -0.193. The highest BCUT2D eigenvalue weighted by molar-refractivity contribution is 9.10. The maximum Gasteiger partial charge on any atom is 0.294 e. The van der Waals surface area contributed by atoms with Crippen LogP contribution >= 0.6 is 27.5 Å². The zero-order chi connectivity index (χ0) is 14.0. The molecule has 0 N–H and O–H groups in total. The minimum Gasteiger partial charge on any atom is -0.458 e. The van der Waals surface area contributed by atoms with Crippen molar-refractivity contribution in [1.29, 1.82) is 5.26 Å². The number of nitrogens with zero attached hydrogens (tertiary/aromatic N) is 2. The quantitative estimate of drug-likeness (QED) is 0.835. The van der Waals surface area contributed by atoms with Crippen LogP contribution in [0.3, 0.4) is 0 Å². The highest BCUT2D eigenvalue weighted by Gasteiger charge is 2.21. The summed E-state index contributed by atoms with van der Waals surface area (Å²) in [6.07, 6.45) is 1.41. The minimum absolute atomic E-state index is 0.173. The molecule has 1 amide bonds. The van der Waals surface area contributed by atoms with E-state index in [1.54, 1.807) is 31.3 Å². The fourth-order valence-electron chi connectivity index (χ4n) is 1.58. The van der Waals surface area contributed by atoms with Crippen molar-refractivity contribution in [2.45, 2.75) is 0 Å². The number of benzene rings is 1. The second-order valence-corrected chi connectivity index (χ2v) is 5.03. The Bertz CT molecular complexity index is 676. The molecule has 0 saturated carbocycles. The minimum atomic E-state index is -0.365. The molecule has 4 nitrogen and oxygen atoms in total. The lowest BCUT2D eigenvalue weighted by Gasteiger charge is -2.17. The lowest BCUT2D eigenvalue weighted by molar-refractivity contribution is 0.0965. The molecule has 0 aliphatic rings. The van der Waals surface area contributed by atoms with E-state index in [1.165, 1.54) is 11.2 Å². The molecule has 0 unspecified atom stereocenters. The van der Waals surface area contributed by atoms with Crippen molar-refractivity contribution in [2.75, 3.05) is 11.9 Å². The van der Waals surface area contributed by atoms with Crippen molar-refractivity contribution in [3.05, 3.63) is 51.3 Å². The highest BCUT2D eigenvalue weighted by Crippen LogP contribution is 2.27. The van der Waals surface area contributed by atoms with Crippen LogP contribution in [0.1, 0.15) is 16.1 Å². The fraction of sp³-hybridized carbons (Fsp3) is 0.0769. The Morgan fingerprint density at radius 1 is 1.47 bits per heavy atom. The molecule has 0 bridgehead atoms. The number of furan rings is 1. The van der Waals surface area contributed by atoms with Gasteiger partial charge in [0.1, 0.15) is 6.07 Å². The third-order valence-electron chi connectivity index (χ3n) is 2.56. The predicted octanol–water partition coefficient (Wildman–Crippen LogP) is 3.84. The van der Waals surface area contributed by atoms with Crippen LogP contribution in [-0.4, -0.2) is 13.0 Å². The zero-order valence-electron chi connectivity index (χ0n) is 9.85. The maximum atomic E-state index is 12.3. The van der Waals surface area contributed by atoms with Gasteiger partial charge in [-0.05, 0) is 40.2 Å². The molecular weight excluding hydrogens is 332 g/mol. The molecule has 0 radical (unpaired) electrons. The zero-order valence-corrected chi connectivity index (χ0v) is 12.2. The van der Waals surface area contributed by atoms with Gasteiger partial charge in [-0.2, -0.15) is 5.26 Å². The molecule has 2 aromatic rings. The van der Waals surface area contributed by atoms with Gasteiger partial charge in [0.2, 0.25) is 5.76 Å². The number of hydrogen-bond donors (Lipinski definition) is 0. The monoisotopic (exact) mass is 338 g/mol. The van der Waals surface area contributed by atoms with Crippen LogP contribution in [0.2, 0.25) is 5.02 Å². The van der Waals surface area contributed by atoms with Gasteiger partial charge < -0.3 is 9.32 Å². The lowest BCUT2D eigenvalue weighted by Crippen LogP contribution is -2.26. The molecule has 0 spiro atoms. The van der Waals surface area contributed by atoms with E-state index in [-0.39, 0.29) is 11.7 Å². The van der Waals surface area contributed by atoms with Gasteiger partial charge in [0.15, 0.2) is 0 Å². The Hall–Kier alpha value is -1.77. The standard InChI is InChI=1S/C13H8BrClN2O2/c1-17(13(18)12-10(14)4-5-19-12)11-6-9(15)3-2-8(11)7-16/h2-6H,1H3. The van der Waals surface area contributed by atoms with Gasteiger partial charge in [-0.1, -0.05) is 11.6 Å². The van der Waals surface area contributed by atoms with E-state index in [0.717, 1.165) is 0 Å². The first-order valence-electron chi connectivity index (χ1n) is 5.25. The number of rotatable bonds is 2. The van der Waals surface area contributed by atoms with Crippen LogP contribution in [0, 0.1) is 11.3 Å². The summed E-state index contributed by atoms with van der Waals surface area (Å²) in [7, 11) is 1.56. The van der Waals surface area contributed by atoms with E-state index in [2.05, 4.69) is 15.9 Å². The summed E-state index contributed by atoms with van der Waals surface area (Å²) in [5.41, 5.74) is 0.797. The van der Waals surface area contributed by atoms with Crippen LogP contribution < -0.4 is 4.90 Å². The largest absolute Gasteiger partial charge is 0.458 e. The first kappa shape index (κ1) is 13.7. The number of carbonyl (C=O) groups is 1. The smallest absolute Gasteiger partial charge is 0.294 e. The Balaban J connectivity index is 2.43. The Morgan fingerprint density at radius 2 is 2.21 bits per heavy atom. The molecule has 1 aromatic heterocycles. The summed E-state index contributed by atoms with van der Waals surface area (Å²) in [5, 5.41) is 9.51. The summed E-state index contributed by atoms with van der Waals surface area (Å²) in [6, 6.07) is 8.39. The summed E-state index contributed by atoms with van der Waals surface area (Å²) >= 11 is 9.12. The Labute approximate surface area is 123 Å². The average Bonchev–Trinajstić information content (AvgIpc) is 2.83. The number of anilines is 1. The van der Waals surface area contributed by atoms with E-state index >= 15 is 0 Å². The van der Waals surface area contributed by atoms with E-state index in [4.69, 9.17) is 21.3 Å². The first-order chi connectivity index (χ1) is 9.04. The van der Waals surface area contributed by atoms with Crippen LogP contribution in [0.5, 0.6) is 0 Å². The van der Waals surface area contributed by atoms with Gasteiger partial charge >= 0.3 is 0 Å². The van der Waals surface area contributed by atoms with E-state index in [0.29, 0.717) is 20.7 Å². The van der Waals surface area contributed by atoms with E-state index in [9.17, 15) is 4.79 Å². The second kappa shape index (κ2) is 5.47. The summed E-state index contributed by atoms with van der Waals surface area (Å²) in [4.78, 5) is 13.6. The van der Waals surface area contributed by atoms with Crippen molar-refractivity contribution in [3.8, 4) is 6.07 Å². The molecule has 0 aliphatic carbocycles.